The van der Waals surface area contributed by atoms with Crippen molar-refractivity contribution in [1.29, 1.82) is 0 Å². The van der Waals surface area contributed by atoms with Crippen molar-refractivity contribution < 1.29 is 9.47 Å². The summed E-state index contributed by atoms with van der Waals surface area (Å²) in [6.07, 6.45) is 0. The van der Waals surface area contributed by atoms with E-state index in [1.165, 1.54) is 9.75 Å². The predicted molar refractivity (Wildman–Crippen MR) is 100.0 cm³/mol. The fourth-order valence-electron chi connectivity index (χ4n) is 1.55. The molecule has 5 nitrogen and oxygen atoms in total. The number of nitrogens with one attached hydrogen (secondary N) is 2. The Labute approximate surface area is 148 Å². The van der Waals surface area contributed by atoms with E-state index in [-0.39, 0.29) is 24.0 Å². The van der Waals surface area contributed by atoms with Gasteiger partial charge in [0.1, 0.15) is 0 Å². The number of hydrogen-bond donors (Lipinski definition) is 2. The zero-order valence-corrected chi connectivity index (χ0v) is 16.1. The third-order valence-electron chi connectivity index (χ3n) is 2.50. The van der Waals surface area contributed by atoms with E-state index in [2.05, 4.69) is 41.6 Å². The summed E-state index contributed by atoms with van der Waals surface area (Å²) in [4.78, 5) is 7.15. The van der Waals surface area contributed by atoms with Gasteiger partial charge in [-0.3, -0.25) is 0 Å². The molecule has 0 aliphatic rings. The van der Waals surface area contributed by atoms with Crippen LogP contribution in [-0.4, -0.2) is 46.0 Å². The number of ether oxygens (including phenoxy) is 2. The van der Waals surface area contributed by atoms with Gasteiger partial charge in [-0.2, -0.15) is 0 Å². The smallest absolute Gasteiger partial charge is 0.191 e. The zero-order valence-electron chi connectivity index (χ0n) is 13.0. The van der Waals surface area contributed by atoms with E-state index < -0.39 is 0 Å². The molecular formula is C14H26IN3O2S. The maximum Gasteiger partial charge on any atom is 0.191 e. The molecule has 0 atom stereocenters. The van der Waals surface area contributed by atoms with Gasteiger partial charge in [0.25, 0.3) is 0 Å². The van der Waals surface area contributed by atoms with Crippen LogP contribution in [0.25, 0.3) is 0 Å². The fraction of sp³-hybridized carbons (Fsp3) is 0.643. The van der Waals surface area contributed by atoms with Gasteiger partial charge in [-0.25, -0.2) is 4.99 Å². The standard InChI is InChI=1S/C14H25N3O2S.HI/c1-4-15-14(16-7-8-19-10-9-18-3)17-11-13-6-5-12(2)20-13;/h5-6H,4,7-11H2,1-3H3,(H2,15,16,17);1H. The third-order valence-corrected chi connectivity index (χ3v) is 3.49. The summed E-state index contributed by atoms with van der Waals surface area (Å²) in [5, 5.41) is 6.48. The number of methoxy groups -OCH3 is 1. The average molecular weight is 427 g/mol. The fourth-order valence-corrected chi connectivity index (χ4v) is 2.37. The summed E-state index contributed by atoms with van der Waals surface area (Å²) in [6.45, 7) is 8.36. The summed E-state index contributed by atoms with van der Waals surface area (Å²) in [7, 11) is 1.67. The normalized spacial score (nSPS) is 11.1. The van der Waals surface area contributed by atoms with E-state index in [1.807, 2.05) is 0 Å². The molecule has 0 bridgehead atoms. The van der Waals surface area contributed by atoms with Crippen molar-refractivity contribution in [3.05, 3.63) is 21.9 Å². The first-order valence-corrected chi connectivity index (χ1v) is 7.72. The van der Waals surface area contributed by atoms with Crippen molar-refractivity contribution >= 4 is 41.3 Å². The Morgan fingerprint density at radius 3 is 2.67 bits per heavy atom. The van der Waals surface area contributed by atoms with Crippen LogP contribution in [0.15, 0.2) is 17.1 Å². The van der Waals surface area contributed by atoms with Gasteiger partial charge >= 0.3 is 0 Å². The Balaban J connectivity index is 0.00000400. The molecule has 0 amide bonds. The lowest BCUT2D eigenvalue weighted by molar-refractivity contribution is 0.0733. The lowest BCUT2D eigenvalue weighted by Crippen LogP contribution is -2.39. The number of rotatable bonds is 9. The molecule has 0 saturated carbocycles. The largest absolute Gasteiger partial charge is 0.382 e. The van der Waals surface area contributed by atoms with Crippen molar-refractivity contribution in [3.63, 3.8) is 0 Å². The van der Waals surface area contributed by atoms with Crippen molar-refractivity contribution in [2.45, 2.75) is 20.4 Å². The molecule has 1 heterocycles. The third kappa shape index (κ3) is 10.0. The second kappa shape index (κ2) is 13.3. The molecule has 0 aliphatic carbocycles. The van der Waals surface area contributed by atoms with Gasteiger partial charge < -0.3 is 20.1 Å². The number of aliphatic imine (C=N–C) groups is 1. The maximum atomic E-state index is 5.40. The molecule has 21 heavy (non-hydrogen) atoms. The molecule has 1 aromatic heterocycles. The van der Waals surface area contributed by atoms with Crippen LogP contribution < -0.4 is 10.6 Å². The molecular weight excluding hydrogens is 401 g/mol. The highest BCUT2D eigenvalue weighted by Gasteiger charge is 1.99. The summed E-state index contributed by atoms with van der Waals surface area (Å²) >= 11 is 1.78. The van der Waals surface area contributed by atoms with Crippen LogP contribution in [0, 0.1) is 6.92 Å². The Hall–Kier alpha value is -0.380. The zero-order chi connectivity index (χ0) is 14.6. The second-order valence-electron chi connectivity index (χ2n) is 4.24. The molecule has 122 valence electrons. The number of nitrogens with zero attached hydrogens (tertiary/aromatic N) is 1. The first-order chi connectivity index (χ1) is 9.76. The van der Waals surface area contributed by atoms with E-state index in [0.717, 1.165) is 19.0 Å². The van der Waals surface area contributed by atoms with Crippen LogP contribution >= 0.6 is 35.3 Å². The Morgan fingerprint density at radius 2 is 2.05 bits per heavy atom. The SMILES string of the molecule is CCNC(=NCc1ccc(C)s1)NCCOCCOC.I. The Bertz CT molecular complexity index is 399. The first-order valence-electron chi connectivity index (χ1n) is 6.90. The van der Waals surface area contributed by atoms with E-state index in [4.69, 9.17) is 9.47 Å². The van der Waals surface area contributed by atoms with E-state index in [0.29, 0.717) is 26.4 Å². The summed E-state index contributed by atoms with van der Waals surface area (Å²) in [5.74, 6) is 0.828. The van der Waals surface area contributed by atoms with Crippen LogP contribution in [0.2, 0.25) is 0 Å². The lowest BCUT2D eigenvalue weighted by Gasteiger charge is -2.11. The van der Waals surface area contributed by atoms with Crippen LogP contribution in [0.3, 0.4) is 0 Å². The van der Waals surface area contributed by atoms with Gasteiger partial charge in [-0.05, 0) is 26.0 Å². The van der Waals surface area contributed by atoms with Crippen molar-refractivity contribution in [3.8, 4) is 0 Å². The highest BCUT2D eigenvalue weighted by molar-refractivity contribution is 14.0. The van der Waals surface area contributed by atoms with Gasteiger partial charge in [0.05, 0.1) is 26.4 Å². The van der Waals surface area contributed by atoms with E-state index >= 15 is 0 Å². The van der Waals surface area contributed by atoms with Crippen molar-refractivity contribution in [2.24, 2.45) is 4.99 Å². The second-order valence-corrected chi connectivity index (χ2v) is 5.61. The highest BCUT2D eigenvalue weighted by atomic mass is 127. The molecule has 0 spiro atoms. The quantitative estimate of drug-likeness (QED) is 0.275. The van der Waals surface area contributed by atoms with Gasteiger partial charge in [-0.1, -0.05) is 0 Å². The topological polar surface area (TPSA) is 54.9 Å². The van der Waals surface area contributed by atoms with Gasteiger partial charge in [0.2, 0.25) is 0 Å². The van der Waals surface area contributed by atoms with Crippen LogP contribution in [-0.2, 0) is 16.0 Å². The molecule has 0 aromatic carbocycles. The summed E-state index contributed by atoms with van der Waals surface area (Å²) < 4.78 is 10.3. The van der Waals surface area contributed by atoms with Gasteiger partial charge in [-0.15, -0.1) is 35.3 Å². The first kappa shape index (κ1) is 20.6. The van der Waals surface area contributed by atoms with Crippen LogP contribution in [0.1, 0.15) is 16.7 Å². The minimum atomic E-state index is 0. The minimum Gasteiger partial charge on any atom is -0.382 e. The molecule has 0 radical (unpaired) electrons. The average Bonchev–Trinajstić information content (AvgIpc) is 2.85. The monoisotopic (exact) mass is 427 g/mol. The molecule has 7 heteroatoms. The number of hydrogen-bond acceptors (Lipinski definition) is 4. The minimum absolute atomic E-state index is 0. The van der Waals surface area contributed by atoms with Crippen molar-refractivity contribution in [2.75, 3.05) is 40.0 Å². The molecule has 0 fully saturated rings. The molecule has 0 unspecified atom stereocenters. The van der Waals surface area contributed by atoms with Crippen LogP contribution in [0.5, 0.6) is 0 Å². The number of halogens is 1. The van der Waals surface area contributed by atoms with E-state index in [9.17, 15) is 0 Å². The van der Waals surface area contributed by atoms with E-state index in [1.54, 1.807) is 18.4 Å². The number of guanidine groups is 1. The molecule has 0 aliphatic heterocycles. The molecule has 1 rings (SSSR count). The van der Waals surface area contributed by atoms with Gasteiger partial charge in [0, 0.05) is 30.0 Å². The van der Waals surface area contributed by atoms with Crippen LogP contribution in [0.4, 0.5) is 0 Å². The summed E-state index contributed by atoms with van der Waals surface area (Å²) in [6, 6.07) is 4.25. The molecule has 2 N–H and O–H groups in total. The number of aryl methyl sites for hydroxylation is 1. The Morgan fingerprint density at radius 1 is 1.24 bits per heavy atom. The lowest BCUT2D eigenvalue weighted by atomic mass is 10.4. The summed E-state index contributed by atoms with van der Waals surface area (Å²) in [5.41, 5.74) is 0. The Kier molecular flexibility index (Phi) is 13.1. The molecule has 1 aromatic rings. The van der Waals surface area contributed by atoms with Crippen molar-refractivity contribution in [1.82, 2.24) is 10.6 Å². The maximum absolute atomic E-state index is 5.40. The highest BCUT2D eigenvalue weighted by Crippen LogP contribution is 2.15. The van der Waals surface area contributed by atoms with Gasteiger partial charge in [0.15, 0.2) is 5.96 Å². The molecule has 0 saturated heterocycles. The predicted octanol–water partition coefficient (Wildman–Crippen LogP) is 2.39. The number of thiophene rings is 1.